The second kappa shape index (κ2) is 8.38. The van der Waals surface area contributed by atoms with E-state index in [0.717, 1.165) is 5.56 Å². The Bertz CT molecular complexity index is 764. The molecule has 0 aromatic heterocycles. The van der Waals surface area contributed by atoms with Crippen molar-refractivity contribution in [3.63, 3.8) is 0 Å². The predicted molar refractivity (Wildman–Crippen MR) is 93.2 cm³/mol. The van der Waals surface area contributed by atoms with Gasteiger partial charge in [-0.1, -0.05) is 59.6 Å². The first-order chi connectivity index (χ1) is 11.1. The van der Waals surface area contributed by atoms with E-state index < -0.39 is 5.91 Å². The van der Waals surface area contributed by atoms with Crippen LogP contribution in [0.4, 0.5) is 0 Å². The van der Waals surface area contributed by atoms with Crippen molar-refractivity contribution in [2.75, 3.05) is 6.54 Å². The number of nitriles is 1. The third-order valence-electron chi connectivity index (χ3n) is 3.16. The summed E-state index contributed by atoms with van der Waals surface area (Å²) < 4.78 is 0. The number of carbonyl (C=O) groups excluding carboxylic acids is 1. The quantitative estimate of drug-likeness (QED) is 0.650. The molecule has 2 rings (SSSR count). The molecule has 2 aromatic carbocycles. The van der Waals surface area contributed by atoms with E-state index in [4.69, 9.17) is 28.5 Å². The number of hydrogen-bond acceptors (Lipinski definition) is 2. The minimum Gasteiger partial charge on any atom is -0.351 e. The molecular weight excluding hydrogens is 331 g/mol. The van der Waals surface area contributed by atoms with Crippen LogP contribution in [0.1, 0.15) is 11.1 Å². The molecule has 0 radical (unpaired) electrons. The minimum absolute atomic E-state index is 0.0245. The number of rotatable bonds is 5. The van der Waals surface area contributed by atoms with Crippen LogP contribution in [-0.4, -0.2) is 12.5 Å². The average molecular weight is 345 g/mol. The van der Waals surface area contributed by atoms with Crippen molar-refractivity contribution in [1.82, 2.24) is 5.32 Å². The smallest absolute Gasteiger partial charge is 0.261 e. The van der Waals surface area contributed by atoms with Crippen LogP contribution in [-0.2, 0) is 11.2 Å². The van der Waals surface area contributed by atoms with Gasteiger partial charge in [0.25, 0.3) is 5.91 Å². The lowest BCUT2D eigenvalue weighted by Gasteiger charge is -2.05. The molecule has 5 heteroatoms. The van der Waals surface area contributed by atoms with Crippen LogP contribution < -0.4 is 5.32 Å². The van der Waals surface area contributed by atoms with Gasteiger partial charge < -0.3 is 5.32 Å². The van der Waals surface area contributed by atoms with Crippen molar-refractivity contribution >= 4 is 35.2 Å². The second-order valence-electron chi connectivity index (χ2n) is 4.83. The van der Waals surface area contributed by atoms with Crippen LogP contribution in [0.2, 0.25) is 10.0 Å². The van der Waals surface area contributed by atoms with Crippen molar-refractivity contribution < 1.29 is 4.79 Å². The van der Waals surface area contributed by atoms with Crippen molar-refractivity contribution in [1.29, 1.82) is 5.26 Å². The summed E-state index contributed by atoms with van der Waals surface area (Å²) in [6, 6.07) is 16.6. The molecule has 0 aliphatic carbocycles. The van der Waals surface area contributed by atoms with Gasteiger partial charge in [0.15, 0.2) is 0 Å². The van der Waals surface area contributed by atoms with Crippen LogP contribution in [0.15, 0.2) is 54.1 Å². The summed E-state index contributed by atoms with van der Waals surface area (Å²) in [4.78, 5) is 12.1. The molecule has 0 aliphatic rings. The minimum atomic E-state index is -0.408. The Morgan fingerprint density at radius 2 is 1.87 bits per heavy atom. The molecule has 2 aromatic rings. The Kier molecular flexibility index (Phi) is 6.22. The fourth-order valence-corrected chi connectivity index (χ4v) is 2.28. The summed E-state index contributed by atoms with van der Waals surface area (Å²) in [5.74, 6) is -0.408. The highest BCUT2D eigenvalue weighted by molar-refractivity contribution is 6.42. The van der Waals surface area contributed by atoms with Crippen LogP contribution >= 0.6 is 23.2 Å². The van der Waals surface area contributed by atoms with E-state index in [9.17, 15) is 4.79 Å². The average Bonchev–Trinajstić information content (AvgIpc) is 2.56. The lowest BCUT2D eigenvalue weighted by Crippen LogP contribution is -2.26. The summed E-state index contributed by atoms with van der Waals surface area (Å²) in [7, 11) is 0. The van der Waals surface area contributed by atoms with Gasteiger partial charge >= 0.3 is 0 Å². The van der Waals surface area contributed by atoms with E-state index in [1.807, 2.05) is 36.4 Å². The predicted octanol–water partition coefficient (Wildman–Crippen LogP) is 4.26. The van der Waals surface area contributed by atoms with Crippen LogP contribution in [0.3, 0.4) is 0 Å². The van der Waals surface area contributed by atoms with Gasteiger partial charge in [-0.2, -0.15) is 5.26 Å². The first-order valence-corrected chi connectivity index (χ1v) is 7.74. The highest BCUT2D eigenvalue weighted by atomic mass is 35.5. The monoisotopic (exact) mass is 344 g/mol. The summed E-state index contributed by atoms with van der Waals surface area (Å²) in [5, 5.41) is 12.7. The third kappa shape index (κ3) is 5.14. The molecular formula is C18H14Cl2N2O. The van der Waals surface area contributed by atoms with Gasteiger partial charge in [-0.05, 0) is 35.8 Å². The Hall–Kier alpha value is -2.28. The van der Waals surface area contributed by atoms with Gasteiger partial charge in [-0.3, -0.25) is 4.79 Å². The molecule has 3 nitrogen and oxygen atoms in total. The van der Waals surface area contributed by atoms with Gasteiger partial charge in [-0.15, -0.1) is 0 Å². The molecule has 1 N–H and O–H groups in total. The van der Waals surface area contributed by atoms with Crippen molar-refractivity contribution in [3.05, 3.63) is 75.3 Å². The summed E-state index contributed by atoms with van der Waals surface area (Å²) in [6.45, 7) is 0.462. The maximum atomic E-state index is 12.1. The molecule has 1 amide bonds. The largest absolute Gasteiger partial charge is 0.351 e. The fraction of sp³-hybridized carbons (Fsp3) is 0.111. The molecule has 0 unspecified atom stereocenters. The molecule has 0 fully saturated rings. The number of benzene rings is 2. The van der Waals surface area contributed by atoms with Crippen molar-refractivity contribution in [2.45, 2.75) is 6.42 Å². The zero-order chi connectivity index (χ0) is 16.7. The zero-order valence-corrected chi connectivity index (χ0v) is 13.7. The standard InChI is InChI=1S/C18H14Cl2N2O/c19-16-7-6-14(11-17(16)20)10-15(12-21)18(23)22-9-8-13-4-2-1-3-5-13/h1-7,10-11H,8-9H2,(H,22,23)/b15-10-. The van der Waals surface area contributed by atoms with Gasteiger partial charge in [0.2, 0.25) is 0 Å². The molecule has 0 saturated carbocycles. The highest BCUT2D eigenvalue weighted by Gasteiger charge is 2.09. The van der Waals surface area contributed by atoms with E-state index in [2.05, 4.69) is 5.32 Å². The molecule has 0 aliphatic heterocycles. The second-order valence-corrected chi connectivity index (χ2v) is 5.65. The molecule has 0 bridgehead atoms. The molecule has 116 valence electrons. The van der Waals surface area contributed by atoms with Gasteiger partial charge in [0.1, 0.15) is 11.6 Å². The molecule has 0 saturated heterocycles. The van der Waals surface area contributed by atoms with Crippen LogP contribution in [0.25, 0.3) is 6.08 Å². The Morgan fingerprint density at radius 1 is 1.13 bits per heavy atom. The van der Waals surface area contributed by atoms with E-state index in [-0.39, 0.29) is 5.57 Å². The summed E-state index contributed by atoms with van der Waals surface area (Å²) in [5.41, 5.74) is 1.80. The van der Waals surface area contributed by atoms with Crippen molar-refractivity contribution in [2.24, 2.45) is 0 Å². The molecule has 0 spiro atoms. The Morgan fingerprint density at radius 3 is 2.52 bits per heavy atom. The fourth-order valence-electron chi connectivity index (χ4n) is 1.98. The number of nitrogens with one attached hydrogen (secondary N) is 1. The van der Waals surface area contributed by atoms with Crippen LogP contribution in [0.5, 0.6) is 0 Å². The number of hydrogen-bond donors (Lipinski definition) is 1. The van der Waals surface area contributed by atoms with E-state index in [1.54, 1.807) is 18.2 Å². The van der Waals surface area contributed by atoms with Crippen LogP contribution in [0, 0.1) is 11.3 Å². The summed E-state index contributed by atoms with van der Waals surface area (Å²) >= 11 is 11.8. The first-order valence-electron chi connectivity index (χ1n) is 6.99. The first kappa shape index (κ1) is 17.1. The van der Waals surface area contributed by atoms with Gasteiger partial charge in [-0.25, -0.2) is 0 Å². The topological polar surface area (TPSA) is 52.9 Å². The van der Waals surface area contributed by atoms with Crippen molar-refractivity contribution in [3.8, 4) is 6.07 Å². The third-order valence-corrected chi connectivity index (χ3v) is 3.90. The van der Waals surface area contributed by atoms with Gasteiger partial charge in [0, 0.05) is 6.54 Å². The zero-order valence-electron chi connectivity index (χ0n) is 12.2. The van der Waals surface area contributed by atoms with E-state index >= 15 is 0 Å². The Balaban J connectivity index is 1.99. The lowest BCUT2D eigenvalue weighted by atomic mass is 10.1. The number of amides is 1. The molecule has 23 heavy (non-hydrogen) atoms. The maximum absolute atomic E-state index is 12.1. The Labute approximate surface area is 145 Å². The lowest BCUT2D eigenvalue weighted by molar-refractivity contribution is -0.117. The maximum Gasteiger partial charge on any atom is 0.261 e. The SMILES string of the molecule is N#C/C(=C/c1ccc(Cl)c(Cl)c1)C(=O)NCCc1ccccc1. The normalized spacial score (nSPS) is 10.9. The molecule has 0 atom stereocenters. The highest BCUT2D eigenvalue weighted by Crippen LogP contribution is 2.23. The van der Waals surface area contributed by atoms with E-state index in [0.29, 0.717) is 28.6 Å². The number of halogens is 2. The summed E-state index contributed by atoms with van der Waals surface area (Å²) in [6.07, 6.45) is 2.19. The number of carbonyl (C=O) groups is 1. The van der Waals surface area contributed by atoms with E-state index in [1.165, 1.54) is 6.08 Å². The number of nitrogens with zero attached hydrogens (tertiary/aromatic N) is 1. The van der Waals surface area contributed by atoms with Gasteiger partial charge in [0.05, 0.1) is 10.0 Å². The molecule has 0 heterocycles.